The van der Waals surface area contributed by atoms with Gasteiger partial charge in [-0.3, -0.25) is 4.90 Å². The average Bonchev–Trinajstić information content (AvgIpc) is 3.44. The van der Waals surface area contributed by atoms with Crippen molar-refractivity contribution in [2.24, 2.45) is 0 Å². The molecule has 204 valence electrons. The number of aliphatic hydroxyl groups excluding tert-OH is 1. The monoisotopic (exact) mass is 561 g/mol. The maximum absolute atomic E-state index is 13.3. The Morgan fingerprint density at radius 2 is 1.86 bits per heavy atom. The van der Waals surface area contributed by atoms with Crippen molar-refractivity contribution in [2.45, 2.75) is 53.6 Å². The lowest BCUT2D eigenvalue weighted by atomic mass is 9.95. The highest BCUT2D eigenvalue weighted by Crippen LogP contribution is 2.39. The molecule has 0 saturated carbocycles. The summed E-state index contributed by atoms with van der Waals surface area (Å²) in [7, 11) is -3.69. The quantitative estimate of drug-likeness (QED) is 0.559. The molecule has 2 N–H and O–H groups in total. The fourth-order valence-electron chi connectivity index (χ4n) is 5.51. The normalized spacial score (nSPS) is 29.4. The number of nitrogens with zero attached hydrogens (tertiary/aromatic N) is 3. The largest absolute Gasteiger partial charge is 0.421 e. The molecular formula is C24H30F3N3O5S2. The summed E-state index contributed by atoms with van der Waals surface area (Å²) in [4.78, 5) is 4.18. The number of sulfonamides is 1. The predicted molar refractivity (Wildman–Crippen MR) is 132 cm³/mol. The van der Waals surface area contributed by atoms with Crippen LogP contribution in [0.4, 0.5) is 18.9 Å². The van der Waals surface area contributed by atoms with Crippen molar-refractivity contribution in [1.82, 2.24) is 9.21 Å². The van der Waals surface area contributed by atoms with Gasteiger partial charge in [0.15, 0.2) is 5.60 Å². The van der Waals surface area contributed by atoms with Crippen molar-refractivity contribution in [3.8, 4) is 0 Å². The first-order valence-corrected chi connectivity index (χ1v) is 14.4. The van der Waals surface area contributed by atoms with E-state index in [0.717, 1.165) is 18.3 Å². The van der Waals surface area contributed by atoms with Gasteiger partial charge in [0.2, 0.25) is 0 Å². The van der Waals surface area contributed by atoms with Gasteiger partial charge in [-0.2, -0.15) is 17.5 Å². The van der Waals surface area contributed by atoms with Crippen molar-refractivity contribution in [2.75, 3.05) is 44.3 Å². The summed E-state index contributed by atoms with van der Waals surface area (Å²) in [6.07, 6.45) is -4.77. The van der Waals surface area contributed by atoms with Crippen LogP contribution in [0, 0.1) is 0 Å². The number of benzene rings is 1. The number of thiophene rings is 1. The minimum atomic E-state index is -4.82. The first-order valence-electron chi connectivity index (χ1n) is 12.1. The second-order valence-electron chi connectivity index (χ2n) is 10.0. The molecule has 1 unspecified atom stereocenters. The Morgan fingerprint density at radius 3 is 2.49 bits per heavy atom. The maximum atomic E-state index is 13.3. The minimum Gasteiger partial charge on any atom is -0.391 e. The van der Waals surface area contributed by atoms with Gasteiger partial charge < -0.3 is 19.8 Å². The Balaban J connectivity index is 1.43. The number of alkyl halides is 3. The van der Waals surface area contributed by atoms with Crippen molar-refractivity contribution in [3.05, 3.63) is 47.3 Å². The lowest BCUT2D eigenvalue weighted by molar-refractivity contribution is -0.258. The van der Waals surface area contributed by atoms with Crippen LogP contribution < -0.4 is 4.90 Å². The van der Waals surface area contributed by atoms with Gasteiger partial charge in [0.25, 0.3) is 10.0 Å². The molecule has 1 aromatic heterocycles. The van der Waals surface area contributed by atoms with Crippen LogP contribution in [0.1, 0.15) is 18.9 Å². The number of rotatable bonds is 6. The molecule has 0 radical (unpaired) electrons. The molecule has 4 heterocycles. The van der Waals surface area contributed by atoms with Crippen LogP contribution in [-0.2, 0) is 20.4 Å². The van der Waals surface area contributed by atoms with Gasteiger partial charge in [-0.15, -0.1) is 11.3 Å². The van der Waals surface area contributed by atoms with Gasteiger partial charge in [-0.25, -0.2) is 8.42 Å². The molecule has 5 atom stereocenters. The van der Waals surface area contributed by atoms with Gasteiger partial charge in [0.1, 0.15) is 4.21 Å². The first kappa shape index (κ1) is 26.9. The molecule has 0 amide bonds. The molecule has 3 fully saturated rings. The molecule has 0 spiro atoms. The zero-order valence-electron chi connectivity index (χ0n) is 20.2. The lowest BCUT2D eigenvalue weighted by Gasteiger charge is -2.46. The van der Waals surface area contributed by atoms with Gasteiger partial charge >= 0.3 is 6.18 Å². The lowest BCUT2D eigenvalue weighted by Crippen LogP contribution is -2.61. The topological polar surface area (TPSA) is 93.6 Å². The summed E-state index contributed by atoms with van der Waals surface area (Å²) in [5.74, 6) is 0. The van der Waals surface area contributed by atoms with E-state index in [4.69, 9.17) is 4.74 Å². The Hall–Kier alpha value is -1.74. The van der Waals surface area contributed by atoms with Gasteiger partial charge in [0, 0.05) is 37.9 Å². The third-order valence-electron chi connectivity index (χ3n) is 7.72. The Bertz CT molecular complexity index is 1190. The van der Waals surface area contributed by atoms with E-state index in [9.17, 15) is 31.8 Å². The molecule has 0 aliphatic carbocycles. The molecule has 2 aromatic rings. The number of ether oxygens (including phenoxy) is 1. The standard InChI is InChI=1S/C24H30F3N3O5S2/c1-23(32,24(25,26)27)16-4-6-17(7-5-16)29-9-8-28(37(33,34)22-3-2-10-36-22)12-19(29)13-30-18-11-21(31)20(30)15-35-14-18/h2-7,10,18-21,31-32H,8-9,11-15H2,1H3/t18-,19-,20+,21-,23?/m1/s1. The van der Waals surface area contributed by atoms with E-state index in [0.29, 0.717) is 38.4 Å². The number of aliphatic hydroxyl groups is 2. The number of anilines is 1. The van der Waals surface area contributed by atoms with Crippen LogP contribution in [0.25, 0.3) is 0 Å². The average molecular weight is 562 g/mol. The third-order valence-corrected chi connectivity index (χ3v) is 11.0. The summed E-state index contributed by atoms with van der Waals surface area (Å²) in [6, 6.07) is 8.38. The molecule has 5 rings (SSSR count). The summed E-state index contributed by atoms with van der Waals surface area (Å²) < 4.78 is 73.9. The number of hydrogen-bond acceptors (Lipinski definition) is 8. The molecule has 3 saturated heterocycles. The molecule has 3 aliphatic heterocycles. The third kappa shape index (κ3) is 4.90. The van der Waals surface area contributed by atoms with E-state index in [1.54, 1.807) is 17.5 Å². The van der Waals surface area contributed by atoms with Crippen LogP contribution in [0.2, 0.25) is 0 Å². The summed E-state index contributed by atoms with van der Waals surface area (Å²) in [5.41, 5.74) is -2.61. The van der Waals surface area contributed by atoms with Crippen molar-refractivity contribution in [3.63, 3.8) is 0 Å². The van der Waals surface area contributed by atoms with Crippen LogP contribution >= 0.6 is 11.3 Å². The smallest absolute Gasteiger partial charge is 0.391 e. The van der Waals surface area contributed by atoms with Crippen LogP contribution in [0.5, 0.6) is 0 Å². The highest BCUT2D eigenvalue weighted by Gasteiger charge is 2.51. The van der Waals surface area contributed by atoms with Crippen molar-refractivity contribution >= 4 is 27.0 Å². The number of morpholine rings is 1. The van der Waals surface area contributed by atoms with Gasteiger partial charge in [0.05, 0.1) is 31.4 Å². The van der Waals surface area contributed by atoms with E-state index in [1.807, 2.05) is 4.90 Å². The molecule has 3 aliphatic rings. The number of halogens is 3. The second kappa shape index (κ2) is 9.78. The molecule has 8 nitrogen and oxygen atoms in total. The van der Waals surface area contributed by atoms with Gasteiger partial charge in [-0.05, 0) is 42.5 Å². The maximum Gasteiger partial charge on any atom is 0.421 e. The highest BCUT2D eigenvalue weighted by atomic mass is 32.2. The number of piperazine rings is 1. The molecule has 2 bridgehead atoms. The number of hydrogen-bond donors (Lipinski definition) is 2. The molecule has 1 aromatic carbocycles. The van der Waals surface area contributed by atoms with Crippen molar-refractivity contribution < 1.29 is 36.5 Å². The van der Waals surface area contributed by atoms with Gasteiger partial charge in [-0.1, -0.05) is 18.2 Å². The van der Waals surface area contributed by atoms with E-state index in [1.165, 1.54) is 28.6 Å². The Morgan fingerprint density at radius 1 is 1.14 bits per heavy atom. The minimum absolute atomic E-state index is 0.0177. The van der Waals surface area contributed by atoms with E-state index < -0.39 is 27.9 Å². The zero-order valence-corrected chi connectivity index (χ0v) is 21.8. The van der Waals surface area contributed by atoms with E-state index in [-0.39, 0.29) is 41.0 Å². The van der Waals surface area contributed by atoms with E-state index in [2.05, 4.69) is 4.90 Å². The first-order chi connectivity index (χ1) is 17.4. The summed E-state index contributed by atoms with van der Waals surface area (Å²) in [6.45, 7) is 2.81. The summed E-state index contributed by atoms with van der Waals surface area (Å²) >= 11 is 1.16. The Kier molecular flexibility index (Phi) is 7.10. The zero-order chi connectivity index (χ0) is 26.6. The van der Waals surface area contributed by atoms with Crippen LogP contribution in [0.15, 0.2) is 46.0 Å². The van der Waals surface area contributed by atoms with Crippen LogP contribution in [-0.4, -0.2) is 97.6 Å². The fourth-order valence-corrected chi connectivity index (χ4v) is 8.12. The van der Waals surface area contributed by atoms with Crippen molar-refractivity contribution in [1.29, 1.82) is 0 Å². The highest BCUT2D eigenvalue weighted by molar-refractivity contribution is 7.91. The second-order valence-corrected chi connectivity index (χ2v) is 13.1. The number of fused-ring (bicyclic) bond motifs is 2. The molecular weight excluding hydrogens is 531 g/mol. The fraction of sp³-hybridized carbons (Fsp3) is 0.583. The molecule has 13 heteroatoms. The summed E-state index contributed by atoms with van der Waals surface area (Å²) in [5, 5.41) is 22.3. The molecule has 37 heavy (non-hydrogen) atoms. The van der Waals surface area contributed by atoms with E-state index >= 15 is 0 Å². The SMILES string of the molecule is CC(O)(c1ccc(N2CCN(S(=O)(=O)c3cccs3)C[C@@H]2CN2[C@H]3COC[C@H]2[C@H](O)C3)cc1)C(F)(F)F. The predicted octanol–water partition coefficient (Wildman–Crippen LogP) is 2.23. The Labute approximate surface area is 217 Å². The van der Waals surface area contributed by atoms with Crippen LogP contribution in [0.3, 0.4) is 0 Å².